The van der Waals surface area contributed by atoms with Gasteiger partial charge in [-0.25, -0.2) is 0 Å². The molecule has 1 saturated heterocycles. The van der Waals surface area contributed by atoms with Crippen molar-refractivity contribution in [1.29, 1.82) is 0 Å². The van der Waals surface area contributed by atoms with E-state index in [1.807, 2.05) is 11.8 Å². The standard InChI is InChI=1S/C9H18N2OS.ClH/c1-3-7(2)8(10)9(12)11-4-5-13-6-11;/h7-8H,3-6,10H2,1-2H3;1H/t7-,8-;/m0./s1. The van der Waals surface area contributed by atoms with Crippen LogP contribution < -0.4 is 5.73 Å². The van der Waals surface area contributed by atoms with Gasteiger partial charge >= 0.3 is 0 Å². The van der Waals surface area contributed by atoms with Crippen molar-refractivity contribution < 1.29 is 4.79 Å². The van der Waals surface area contributed by atoms with Crippen LogP contribution in [-0.2, 0) is 4.79 Å². The molecule has 0 spiro atoms. The van der Waals surface area contributed by atoms with E-state index in [1.54, 1.807) is 11.8 Å². The molecule has 1 amide bonds. The van der Waals surface area contributed by atoms with Gasteiger partial charge in [-0.3, -0.25) is 4.79 Å². The predicted octanol–water partition coefficient (Wildman–Crippen LogP) is 1.31. The van der Waals surface area contributed by atoms with E-state index in [2.05, 4.69) is 6.92 Å². The molecule has 5 heteroatoms. The van der Waals surface area contributed by atoms with Gasteiger partial charge in [0.15, 0.2) is 0 Å². The third kappa shape index (κ3) is 3.33. The minimum absolute atomic E-state index is 0. The largest absolute Gasteiger partial charge is 0.331 e. The van der Waals surface area contributed by atoms with Gasteiger partial charge in [0, 0.05) is 12.3 Å². The SMILES string of the molecule is CC[C@H](C)[C@H](N)C(=O)N1CCSC1.Cl. The summed E-state index contributed by atoms with van der Waals surface area (Å²) in [5.41, 5.74) is 5.85. The lowest BCUT2D eigenvalue weighted by atomic mass is 9.99. The molecule has 0 radical (unpaired) electrons. The molecule has 1 heterocycles. The zero-order valence-corrected chi connectivity index (χ0v) is 10.4. The molecule has 1 fully saturated rings. The summed E-state index contributed by atoms with van der Waals surface area (Å²) in [5.74, 6) is 2.29. The first-order valence-corrected chi connectivity index (χ1v) is 5.94. The Hall–Kier alpha value is 0.0700. The van der Waals surface area contributed by atoms with Gasteiger partial charge in [0.05, 0.1) is 11.9 Å². The summed E-state index contributed by atoms with van der Waals surface area (Å²) < 4.78 is 0. The third-order valence-corrected chi connectivity index (χ3v) is 3.57. The minimum Gasteiger partial charge on any atom is -0.331 e. The van der Waals surface area contributed by atoms with Gasteiger partial charge in [-0.15, -0.1) is 24.2 Å². The van der Waals surface area contributed by atoms with Gasteiger partial charge < -0.3 is 10.6 Å². The van der Waals surface area contributed by atoms with Crippen LogP contribution in [0.4, 0.5) is 0 Å². The second-order valence-electron chi connectivity index (χ2n) is 3.55. The van der Waals surface area contributed by atoms with Gasteiger partial charge in [0.1, 0.15) is 0 Å². The highest BCUT2D eigenvalue weighted by atomic mass is 35.5. The highest BCUT2D eigenvalue weighted by Crippen LogP contribution is 2.16. The highest BCUT2D eigenvalue weighted by molar-refractivity contribution is 7.99. The molecule has 14 heavy (non-hydrogen) atoms. The number of thioether (sulfide) groups is 1. The maximum Gasteiger partial charge on any atom is 0.240 e. The Morgan fingerprint density at radius 3 is 2.71 bits per heavy atom. The maximum atomic E-state index is 11.7. The molecule has 0 saturated carbocycles. The van der Waals surface area contributed by atoms with Crippen molar-refractivity contribution in [1.82, 2.24) is 4.90 Å². The van der Waals surface area contributed by atoms with Crippen molar-refractivity contribution in [3.05, 3.63) is 0 Å². The average molecular weight is 239 g/mol. The quantitative estimate of drug-likeness (QED) is 0.807. The summed E-state index contributed by atoms with van der Waals surface area (Å²) in [6, 6.07) is -0.302. The van der Waals surface area contributed by atoms with Crippen LogP contribution in [0.5, 0.6) is 0 Å². The van der Waals surface area contributed by atoms with Gasteiger partial charge in [-0.1, -0.05) is 20.3 Å². The first-order chi connectivity index (χ1) is 6.16. The third-order valence-electron chi connectivity index (χ3n) is 2.61. The van der Waals surface area contributed by atoms with Crippen LogP contribution in [0.1, 0.15) is 20.3 Å². The van der Waals surface area contributed by atoms with Crippen molar-refractivity contribution in [2.24, 2.45) is 11.7 Å². The summed E-state index contributed by atoms with van der Waals surface area (Å²) in [6.07, 6.45) is 0.966. The van der Waals surface area contributed by atoms with Crippen LogP contribution in [0, 0.1) is 5.92 Å². The molecule has 3 nitrogen and oxygen atoms in total. The fraction of sp³-hybridized carbons (Fsp3) is 0.889. The number of nitrogens with zero attached hydrogens (tertiary/aromatic N) is 1. The fourth-order valence-corrected chi connectivity index (χ4v) is 2.25. The number of hydrogen-bond donors (Lipinski definition) is 1. The highest BCUT2D eigenvalue weighted by Gasteiger charge is 2.26. The molecule has 0 aliphatic carbocycles. The van der Waals surface area contributed by atoms with Crippen LogP contribution >= 0.6 is 24.2 Å². The zero-order chi connectivity index (χ0) is 9.84. The number of carbonyl (C=O) groups excluding carboxylic acids is 1. The van der Waals surface area contributed by atoms with Crippen LogP contribution in [0.3, 0.4) is 0 Å². The normalized spacial score (nSPS) is 20.1. The summed E-state index contributed by atoms with van der Waals surface area (Å²) in [6.45, 7) is 4.97. The number of carbonyl (C=O) groups is 1. The number of halogens is 1. The Morgan fingerprint density at radius 1 is 1.64 bits per heavy atom. The van der Waals surface area contributed by atoms with Crippen molar-refractivity contribution in [2.75, 3.05) is 18.2 Å². The van der Waals surface area contributed by atoms with Crippen molar-refractivity contribution >= 4 is 30.1 Å². The van der Waals surface area contributed by atoms with Gasteiger partial charge in [0.25, 0.3) is 0 Å². The first-order valence-electron chi connectivity index (χ1n) is 4.79. The Balaban J connectivity index is 0.00000169. The topological polar surface area (TPSA) is 46.3 Å². The van der Waals surface area contributed by atoms with Gasteiger partial charge in [-0.05, 0) is 5.92 Å². The maximum absolute atomic E-state index is 11.7. The van der Waals surface area contributed by atoms with E-state index in [-0.39, 0.29) is 30.3 Å². The van der Waals surface area contributed by atoms with E-state index in [0.717, 1.165) is 24.6 Å². The van der Waals surface area contributed by atoms with Crippen molar-refractivity contribution in [3.8, 4) is 0 Å². The molecule has 1 rings (SSSR count). The molecule has 84 valence electrons. The van der Waals surface area contributed by atoms with Crippen LogP contribution in [0.25, 0.3) is 0 Å². The number of nitrogens with two attached hydrogens (primary N) is 1. The van der Waals surface area contributed by atoms with E-state index in [0.29, 0.717) is 0 Å². The Kier molecular flexibility index (Phi) is 6.57. The summed E-state index contributed by atoms with van der Waals surface area (Å²) in [7, 11) is 0. The zero-order valence-electron chi connectivity index (χ0n) is 8.73. The smallest absolute Gasteiger partial charge is 0.240 e. The lowest BCUT2D eigenvalue weighted by molar-refractivity contribution is -0.132. The number of hydrogen-bond acceptors (Lipinski definition) is 3. The van der Waals surface area contributed by atoms with E-state index in [1.165, 1.54) is 0 Å². The molecule has 2 atom stereocenters. The van der Waals surface area contributed by atoms with Crippen LogP contribution in [0.15, 0.2) is 0 Å². The second-order valence-corrected chi connectivity index (χ2v) is 4.63. The van der Waals surface area contributed by atoms with Crippen molar-refractivity contribution in [2.45, 2.75) is 26.3 Å². The molecule has 0 bridgehead atoms. The van der Waals surface area contributed by atoms with Gasteiger partial charge in [0.2, 0.25) is 5.91 Å². The average Bonchev–Trinajstić information content (AvgIpc) is 2.67. The Bertz CT molecular complexity index is 186. The molecule has 0 aromatic rings. The lowest BCUT2D eigenvalue weighted by Crippen LogP contribution is -2.45. The monoisotopic (exact) mass is 238 g/mol. The Morgan fingerprint density at radius 2 is 2.29 bits per heavy atom. The molecule has 0 aromatic carbocycles. The minimum atomic E-state index is -0.302. The molecule has 2 N–H and O–H groups in total. The van der Waals surface area contributed by atoms with E-state index in [9.17, 15) is 4.79 Å². The fourth-order valence-electron chi connectivity index (χ4n) is 1.30. The lowest BCUT2D eigenvalue weighted by Gasteiger charge is -2.23. The first kappa shape index (κ1) is 14.1. The summed E-state index contributed by atoms with van der Waals surface area (Å²) >= 11 is 1.80. The molecule has 0 unspecified atom stereocenters. The van der Waals surface area contributed by atoms with Crippen LogP contribution in [0.2, 0.25) is 0 Å². The second kappa shape index (κ2) is 6.53. The van der Waals surface area contributed by atoms with Crippen molar-refractivity contribution in [3.63, 3.8) is 0 Å². The molecular weight excluding hydrogens is 220 g/mol. The number of amides is 1. The molecule has 0 aromatic heterocycles. The van der Waals surface area contributed by atoms with E-state index < -0.39 is 0 Å². The predicted molar refractivity (Wildman–Crippen MR) is 63.7 cm³/mol. The summed E-state index contributed by atoms with van der Waals surface area (Å²) in [5, 5.41) is 0. The molecular formula is C9H19ClN2OS. The Labute approximate surface area is 96.2 Å². The van der Waals surface area contributed by atoms with E-state index >= 15 is 0 Å². The van der Waals surface area contributed by atoms with Crippen LogP contribution in [-0.4, -0.2) is 35.0 Å². The summed E-state index contributed by atoms with van der Waals surface area (Å²) in [4.78, 5) is 13.6. The van der Waals surface area contributed by atoms with E-state index in [4.69, 9.17) is 5.73 Å². The molecule has 1 aliphatic rings. The number of rotatable bonds is 3. The molecule has 1 aliphatic heterocycles. The van der Waals surface area contributed by atoms with Gasteiger partial charge in [-0.2, -0.15) is 0 Å².